The molecule has 0 aliphatic rings. The molecule has 0 aliphatic heterocycles. The molecule has 1 unspecified atom stereocenters. The highest BCUT2D eigenvalue weighted by molar-refractivity contribution is 7.89. The van der Waals surface area contributed by atoms with Gasteiger partial charge in [-0.1, -0.05) is 0 Å². The van der Waals surface area contributed by atoms with E-state index < -0.39 is 10.0 Å². The molecule has 0 fully saturated rings. The summed E-state index contributed by atoms with van der Waals surface area (Å²) in [5.41, 5.74) is 6.08. The average molecular weight is 295 g/mol. The molecule has 0 spiro atoms. The van der Waals surface area contributed by atoms with E-state index in [4.69, 9.17) is 5.73 Å². The number of hydrogen-bond acceptors (Lipinski definition) is 5. The summed E-state index contributed by atoms with van der Waals surface area (Å²) in [5, 5.41) is 0. The Kier molecular flexibility index (Phi) is 4.48. The van der Waals surface area contributed by atoms with Crippen molar-refractivity contribution >= 4 is 10.0 Å². The Morgan fingerprint density at radius 2 is 2.25 bits per heavy atom. The molecule has 108 valence electrons. The van der Waals surface area contributed by atoms with Crippen LogP contribution in [0.4, 0.5) is 0 Å². The van der Waals surface area contributed by atoms with E-state index in [0.717, 1.165) is 0 Å². The molecule has 1 atom stereocenters. The molecule has 2 aromatic rings. The van der Waals surface area contributed by atoms with E-state index >= 15 is 0 Å². The van der Waals surface area contributed by atoms with Gasteiger partial charge in [-0.05, 0) is 19.1 Å². The van der Waals surface area contributed by atoms with Crippen molar-refractivity contribution in [2.45, 2.75) is 31.0 Å². The average Bonchev–Trinajstić information content (AvgIpc) is 2.91. The van der Waals surface area contributed by atoms with E-state index in [-0.39, 0.29) is 17.5 Å². The Morgan fingerprint density at radius 3 is 2.80 bits per heavy atom. The summed E-state index contributed by atoms with van der Waals surface area (Å²) in [7, 11) is -3.57. The molecule has 7 nitrogen and oxygen atoms in total. The van der Waals surface area contributed by atoms with Crippen molar-refractivity contribution in [1.29, 1.82) is 0 Å². The van der Waals surface area contributed by atoms with Crippen molar-refractivity contribution < 1.29 is 8.42 Å². The number of nitrogens with zero attached hydrogens (tertiary/aromatic N) is 3. The van der Waals surface area contributed by atoms with Crippen molar-refractivity contribution in [3.63, 3.8) is 0 Å². The minimum absolute atomic E-state index is 0.132. The number of sulfonamides is 1. The monoisotopic (exact) mass is 295 g/mol. The summed E-state index contributed by atoms with van der Waals surface area (Å²) in [6.45, 7) is 2.58. The van der Waals surface area contributed by atoms with Gasteiger partial charge in [0.15, 0.2) is 0 Å². The van der Waals surface area contributed by atoms with Gasteiger partial charge in [0, 0.05) is 37.7 Å². The van der Waals surface area contributed by atoms with Crippen molar-refractivity contribution in [2.24, 2.45) is 5.73 Å². The zero-order valence-corrected chi connectivity index (χ0v) is 11.9. The summed E-state index contributed by atoms with van der Waals surface area (Å²) >= 11 is 0. The van der Waals surface area contributed by atoms with E-state index in [0.29, 0.717) is 12.2 Å². The minimum Gasteiger partial charge on any atom is -0.336 e. The molecule has 2 rings (SSSR count). The van der Waals surface area contributed by atoms with Gasteiger partial charge < -0.3 is 10.3 Å². The highest BCUT2D eigenvalue weighted by Crippen LogP contribution is 2.09. The lowest BCUT2D eigenvalue weighted by Crippen LogP contribution is -2.35. The first-order chi connectivity index (χ1) is 9.51. The van der Waals surface area contributed by atoms with Crippen LogP contribution in [0.15, 0.2) is 41.9 Å². The van der Waals surface area contributed by atoms with E-state index in [2.05, 4.69) is 14.7 Å². The predicted octanol–water partition coefficient (Wildman–Crippen LogP) is 0.104. The smallest absolute Gasteiger partial charge is 0.242 e. The molecule has 8 heteroatoms. The predicted molar refractivity (Wildman–Crippen MR) is 74.1 cm³/mol. The molecule has 0 aromatic carbocycles. The third-order valence-electron chi connectivity index (χ3n) is 2.72. The molecule has 20 heavy (non-hydrogen) atoms. The largest absolute Gasteiger partial charge is 0.336 e. The molecule has 0 bridgehead atoms. The zero-order valence-electron chi connectivity index (χ0n) is 11.1. The summed E-state index contributed by atoms with van der Waals surface area (Å²) in [6, 6.07) is 2.85. The van der Waals surface area contributed by atoms with Crippen LogP contribution in [0.3, 0.4) is 0 Å². The SMILES string of the molecule is CC(Cn1ccnc1)NS(=O)(=O)c1ccc(CN)nc1. The van der Waals surface area contributed by atoms with Gasteiger partial charge in [0.05, 0.1) is 12.0 Å². The minimum atomic E-state index is -3.57. The van der Waals surface area contributed by atoms with Crippen LogP contribution >= 0.6 is 0 Å². The Labute approximate surface area is 117 Å². The van der Waals surface area contributed by atoms with Crippen LogP contribution < -0.4 is 10.5 Å². The Bertz CT molecular complexity index is 637. The van der Waals surface area contributed by atoms with Gasteiger partial charge in [-0.2, -0.15) is 0 Å². The summed E-state index contributed by atoms with van der Waals surface area (Å²) in [6.07, 6.45) is 6.38. The molecule has 0 amide bonds. The number of pyridine rings is 1. The molecule has 3 N–H and O–H groups in total. The lowest BCUT2D eigenvalue weighted by Gasteiger charge is -2.14. The number of rotatable bonds is 6. The number of aromatic nitrogens is 3. The normalized spacial score (nSPS) is 13.3. The quantitative estimate of drug-likeness (QED) is 0.787. The highest BCUT2D eigenvalue weighted by Gasteiger charge is 2.17. The topological polar surface area (TPSA) is 103 Å². The lowest BCUT2D eigenvalue weighted by molar-refractivity contribution is 0.520. The van der Waals surface area contributed by atoms with Crippen LogP contribution in [-0.2, 0) is 23.1 Å². The fraction of sp³-hybridized carbons (Fsp3) is 0.333. The number of nitrogens with two attached hydrogens (primary N) is 1. The van der Waals surface area contributed by atoms with Crippen LogP contribution in [0, 0.1) is 0 Å². The van der Waals surface area contributed by atoms with Crippen LogP contribution in [0.2, 0.25) is 0 Å². The maximum Gasteiger partial charge on any atom is 0.242 e. The molecule has 2 aromatic heterocycles. The van der Waals surface area contributed by atoms with Gasteiger partial charge in [0.2, 0.25) is 10.0 Å². The molecule has 0 radical (unpaired) electrons. The fourth-order valence-electron chi connectivity index (χ4n) is 1.77. The molecule has 0 saturated heterocycles. The highest BCUT2D eigenvalue weighted by atomic mass is 32.2. The van der Waals surface area contributed by atoms with Crippen molar-refractivity contribution in [1.82, 2.24) is 19.3 Å². The molecule has 0 aliphatic carbocycles. The first-order valence-corrected chi connectivity index (χ1v) is 7.62. The van der Waals surface area contributed by atoms with Gasteiger partial charge in [0.25, 0.3) is 0 Å². The Morgan fingerprint density at radius 1 is 1.45 bits per heavy atom. The maximum atomic E-state index is 12.2. The Balaban J connectivity index is 2.05. The van der Waals surface area contributed by atoms with Crippen molar-refractivity contribution in [2.75, 3.05) is 0 Å². The summed E-state index contributed by atoms with van der Waals surface area (Å²) < 4.78 is 28.7. The third-order valence-corrected chi connectivity index (χ3v) is 4.29. The number of nitrogens with one attached hydrogen (secondary N) is 1. The van der Waals surface area contributed by atoms with Crippen molar-refractivity contribution in [3.8, 4) is 0 Å². The van der Waals surface area contributed by atoms with E-state index in [1.54, 1.807) is 31.7 Å². The van der Waals surface area contributed by atoms with Gasteiger partial charge in [-0.15, -0.1) is 0 Å². The summed E-state index contributed by atoms with van der Waals surface area (Å²) in [4.78, 5) is 8.03. The van der Waals surface area contributed by atoms with Crippen molar-refractivity contribution in [3.05, 3.63) is 42.7 Å². The Hall–Kier alpha value is -1.77. The standard InChI is InChI=1S/C12H17N5O2S/c1-10(8-17-5-4-14-9-17)16-20(18,19)12-3-2-11(6-13)15-7-12/h2-5,7,9-10,16H,6,8,13H2,1H3. The first kappa shape index (κ1) is 14.6. The second-order valence-corrected chi connectivity index (χ2v) is 6.19. The van der Waals surface area contributed by atoms with E-state index in [1.165, 1.54) is 12.3 Å². The number of imidazole rings is 1. The van der Waals surface area contributed by atoms with Crippen LogP contribution in [0.1, 0.15) is 12.6 Å². The molecule has 0 saturated carbocycles. The zero-order chi connectivity index (χ0) is 14.6. The van der Waals surface area contributed by atoms with Gasteiger partial charge in [0.1, 0.15) is 4.90 Å². The second kappa shape index (κ2) is 6.12. The third kappa shape index (κ3) is 3.62. The maximum absolute atomic E-state index is 12.2. The molecule has 2 heterocycles. The number of hydrogen-bond donors (Lipinski definition) is 2. The lowest BCUT2D eigenvalue weighted by atomic mass is 10.3. The molecular formula is C12H17N5O2S. The van der Waals surface area contributed by atoms with Crippen LogP contribution in [0.25, 0.3) is 0 Å². The van der Waals surface area contributed by atoms with Gasteiger partial charge in [-0.25, -0.2) is 18.1 Å². The first-order valence-electron chi connectivity index (χ1n) is 6.14. The van der Waals surface area contributed by atoms with Gasteiger partial charge >= 0.3 is 0 Å². The van der Waals surface area contributed by atoms with Crippen LogP contribution in [-0.4, -0.2) is 29.0 Å². The fourth-order valence-corrected chi connectivity index (χ4v) is 2.95. The molecular weight excluding hydrogens is 278 g/mol. The van der Waals surface area contributed by atoms with E-state index in [9.17, 15) is 8.42 Å². The van der Waals surface area contributed by atoms with E-state index in [1.807, 2.05) is 4.57 Å². The van der Waals surface area contributed by atoms with Crippen LogP contribution in [0.5, 0.6) is 0 Å². The second-order valence-electron chi connectivity index (χ2n) is 4.47. The van der Waals surface area contributed by atoms with Gasteiger partial charge in [-0.3, -0.25) is 4.98 Å². The summed E-state index contributed by atoms with van der Waals surface area (Å²) in [5.74, 6) is 0.